The van der Waals surface area contributed by atoms with Crippen LogP contribution in [0, 0.1) is 11.2 Å². The molecule has 9 heteroatoms. The fourth-order valence-electron chi connectivity index (χ4n) is 3.95. The monoisotopic (exact) mass is 479 g/mol. The molecular weight excluding hydrogens is 458 g/mol. The van der Waals surface area contributed by atoms with E-state index in [1.807, 2.05) is 52.6 Å². The largest absolute Gasteiger partial charge is 0.416 e. The number of aromatic nitrogens is 1. The molecule has 1 unspecified atom stereocenters. The Labute approximate surface area is 199 Å². The topological polar surface area (TPSA) is 69.2 Å². The Morgan fingerprint density at radius 3 is 2.23 bits per heavy atom. The summed E-state index contributed by atoms with van der Waals surface area (Å²) in [5.74, 6) is -0.335. The Bertz CT molecular complexity index is 1260. The summed E-state index contributed by atoms with van der Waals surface area (Å²) in [7, 11) is 0. The van der Waals surface area contributed by atoms with Gasteiger partial charge in [0, 0.05) is 29.9 Å². The molecule has 2 aliphatic heterocycles. The maximum Gasteiger partial charge on any atom is 0.416 e. The van der Waals surface area contributed by atoms with Crippen molar-refractivity contribution in [3.8, 4) is 0 Å². The van der Waals surface area contributed by atoms with E-state index in [2.05, 4.69) is 10.7 Å². The van der Waals surface area contributed by atoms with Crippen molar-refractivity contribution in [3.63, 3.8) is 0 Å². The molecule has 35 heavy (non-hydrogen) atoms. The van der Waals surface area contributed by atoms with Crippen LogP contribution in [0.5, 0.6) is 0 Å². The molecule has 5 rings (SSSR count). The summed E-state index contributed by atoms with van der Waals surface area (Å²) in [5.41, 5.74) is 7.51. The first-order valence-corrected chi connectivity index (χ1v) is 10.6. The molecule has 0 spiro atoms. The van der Waals surface area contributed by atoms with E-state index >= 15 is 0 Å². The number of alkyl halides is 3. The van der Waals surface area contributed by atoms with Gasteiger partial charge in [0.15, 0.2) is 6.17 Å². The summed E-state index contributed by atoms with van der Waals surface area (Å²) in [5, 5.41) is 5.86. The van der Waals surface area contributed by atoms with E-state index in [0.29, 0.717) is 5.56 Å². The molecule has 5 nitrogen and oxygen atoms in total. The summed E-state index contributed by atoms with van der Waals surface area (Å²) >= 11 is 0. The van der Waals surface area contributed by atoms with Gasteiger partial charge in [-0.2, -0.15) is 13.2 Å². The second kappa shape index (κ2) is 9.84. The van der Waals surface area contributed by atoms with E-state index in [-0.39, 0.29) is 12.0 Å². The number of nitrogens with one attached hydrogen (secondary N) is 1. The maximum absolute atomic E-state index is 13.5. The Morgan fingerprint density at radius 1 is 0.943 bits per heavy atom. The third kappa shape index (κ3) is 4.93. The van der Waals surface area contributed by atoms with E-state index in [0.717, 1.165) is 41.1 Å². The van der Waals surface area contributed by atoms with Crippen molar-refractivity contribution >= 4 is 17.6 Å². The van der Waals surface area contributed by atoms with Gasteiger partial charge in [0.1, 0.15) is 5.82 Å². The van der Waals surface area contributed by atoms with Crippen LogP contribution in [0.4, 0.5) is 23.2 Å². The minimum atomic E-state index is -4.39. The van der Waals surface area contributed by atoms with Crippen molar-refractivity contribution in [1.82, 2.24) is 9.88 Å². The molecule has 0 radical (unpaired) electrons. The van der Waals surface area contributed by atoms with E-state index < -0.39 is 11.7 Å². The van der Waals surface area contributed by atoms with Crippen LogP contribution in [0.15, 0.2) is 103 Å². The molecule has 0 saturated heterocycles. The van der Waals surface area contributed by atoms with Crippen molar-refractivity contribution < 1.29 is 17.6 Å². The molecule has 1 atom stereocenters. The molecule has 3 N–H and O–H groups in total. The predicted molar refractivity (Wildman–Crippen MR) is 127 cm³/mol. The maximum atomic E-state index is 13.5. The summed E-state index contributed by atoms with van der Waals surface area (Å²) in [6.45, 7) is 0. The van der Waals surface area contributed by atoms with Gasteiger partial charge in [-0.15, -0.1) is 0 Å². The number of pyridine rings is 1. The smallest absolute Gasteiger partial charge is 0.390 e. The van der Waals surface area contributed by atoms with E-state index in [4.69, 9.17) is 5.41 Å². The van der Waals surface area contributed by atoms with Gasteiger partial charge in [0.25, 0.3) is 0 Å². The lowest BCUT2D eigenvalue weighted by atomic mass is 9.99. The second-order valence-electron chi connectivity index (χ2n) is 7.60. The normalized spacial score (nSPS) is 16.6. The Balaban J connectivity index is 0.000000917. The third-order valence-electron chi connectivity index (χ3n) is 5.45. The summed E-state index contributed by atoms with van der Waals surface area (Å²) in [6, 6.07) is 16.9. The highest BCUT2D eigenvalue weighted by atomic mass is 19.4. The van der Waals surface area contributed by atoms with E-state index in [1.54, 1.807) is 18.3 Å². The number of nitrogens with two attached hydrogens (primary N) is 1. The molecule has 2 aromatic carbocycles. The number of fused-ring (bicyclic) bond motifs is 1. The molecule has 3 heterocycles. The Morgan fingerprint density at radius 2 is 1.63 bits per heavy atom. The first kappa shape index (κ1) is 23.7. The van der Waals surface area contributed by atoms with Gasteiger partial charge in [0.2, 0.25) is 0 Å². The van der Waals surface area contributed by atoms with Crippen LogP contribution in [-0.4, -0.2) is 16.2 Å². The Hall–Kier alpha value is -4.40. The number of allylic oxidation sites excluding steroid dienone is 3. The number of halogens is 4. The van der Waals surface area contributed by atoms with Crippen LogP contribution in [0.2, 0.25) is 0 Å². The number of hydrogen-bond donors (Lipinski definition) is 2. The molecule has 1 aromatic heterocycles. The fourth-order valence-corrected chi connectivity index (χ4v) is 3.95. The van der Waals surface area contributed by atoms with Crippen LogP contribution in [0.1, 0.15) is 23.0 Å². The zero-order valence-corrected chi connectivity index (χ0v) is 18.3. The zero-order chi connectivity index (χ0) is 25.0. The van der Waals surface area contributed by atoms with Crippen molar-refractivity contribution in [3.05, 3.63) is 126 Å². The molecule has 0 saturated carbocycles. The average molecular weight is 479 g/mol. The fraction of sp³-hybridized carbons (Fsp3) is 0.0769. The number of hydrogen-bond acceptors (Lipinski definition) is 4. The van der Waals surface area contributed by atoms with Gasteiger partial charge in [-0.05, 0) is 60.2 Å². The molecule has 0 aliphatic carbocycles. The number of nitrogens with zero attached hydrogens (tertiary/aromatic N) is 3. The van der Waals surface area contributed by atoms with Gasteiger partial charge in [-0.1, -0.05) is 24.3 Å². The van der Waals surface area contributed by atoms with Crippen molar-refractivity contribution in [2.45, 2.75) is 12.3 Å². The lowest BCUT2D eigenvalue weighted by molar-refractivity contribution is -0.137. The lowest BCUT2D eigenvalue weighted by Crippen LogP contribution is -2.30. The summed E-state index contributed by atoms with van der Waals surface area (Å²) in [4.78, 5) is 8.50. The summed E-state index contributed by atoms with van der Waals surface area (Å²) < 4.78 is 52.5. The van der Waals surface area contributed by atoms with Gasteiger partial charge >= 0.3 is 6.18 Å². The van der Waals surface area contributed by atoms with Gasteiger partial charge in [0.05, 0.1) is 23.3 Å². The second-order valence-corrected chi connectivity index (χ2v) is 7.60. The minimum Gasteiger partial charge on any atom is -0.390 e. The van der Waals surface area contributed by atoms with E-state index in [9.17, 15) is 17.6 Å². The lowest BCUT2D eigenvalue weighted by Gasteiger charge is -2.33. The minimum absolute atomic E-state index is 0.328. The van der Waals surface area contributed by atoms with Crippen molar-refractivity contribution in [1.29, 1.82) is 5.41 Å². The van der Waals surface area contributed by atoms with Crippen LogP contribution in [0.25, 0.3) is 5.57 Å². The van der Waals surface area contributed by atoms with Crippen LogP contribution in [-0.2, 0) is 6.18 Å². The molecule has 2 aliphatic rings. The third-order valence-corrected chi connectivity index (χ3v) is 5.45. The molecule has 0 bridgehead atoms. The number of rotatable bonds is 3. The first-order chi connectivity index (χ1) is 16.8. The predicted octanol–water partition coefficient (Wildman–Crippen LogP) is 6.06. The summed E-state index contributed by atoms with van der Waals surface area (Å²) in [6.07, 6.45) is 5.29. The van der Waals surface area contributed by atoms with Gasteiger partial charge < -0.3 is 15.5 Å². The highest BCUT2D eigenvalue weighted by Crippen LogP contribution is 2.44. The first-order valence-electron chi connectivity index (χ1n) is 10.6. The van der Waals surface area contributed by atoms with Crippen LogP contribution >= 0.6 is 0 Å². The molecule has 3 aromatic rings. The standard InChI is InChI=1S/C25H17F4N3.CH4N2/c26-19-10-12-20(13-11-19)32-16-23-21(17-6-8-18(9-7-17)25(27,28)29)4-3-15-31(23)24(32)22-5-1-2-14-30-22;2-1-3/h1-16,24H;1H,(H3,2,3). The molecule has 0 amide bonds. The number of benzene rings is 2. The highest BCUT2D eigenvalue weighted by Gasteiger charge is 2.37. The van der Waals surface area contributed by atoms with Crippen LogP contribution in [0.3, 0.4) is 0 Å². The van der Waals surface area contributed by atoms with Crippen molar-refractivity contribution in [2.75, 3.05) is 4.90 Å². The Kier molecular flexibility index (Phi) is 6.68. The molecular formula is C26H21F4N5. The molecule has 178 valence electrons. The van der Waals surface area contributed by atoms with Gasteiger partial charge in [-0.3, -0.25) is 10.4 Å². The van der Waals surface area contributed by atoms with E-state index in [1.165, 1.54) is 24.3 Å². The zero-order valence-electron chi connectivity index (χ0n) is 18.3. The van der Waals surface area contributed by atoms with Crippen molar-refractivity contribution in [2.24, 2.45) is 5.73 Å². The number of anilines is 1. The van der Waals surface area contributed by atoms with Gasteiger partial charge in [-0.25, -0.2) is 4.39 Å². The molecule has 0 fully saturated rings. The quantitative estimate of drug-likeness (QED) is 0.272. The highest BCUT2D eigenvalue weighted by molar-refractivity contribution is 5.83. The SMILES string of the molecule is Fc1ccc(N2C=C3C(c4ccc(C(F)(F)F)cc4)=CC=CN3C2c2ccccn2)cc1.N=CN. The average Bonchev–Trinajstić information content (AvgIpc) is 3.25. The van der Waals surface area contributed by atoms with Crippen LogP contribution < -0.4 is 10.6 Å².